The second-order valence-corrected chi connectivity index (χ2v) is 8.27. The molecule has 0 spiro atoms. The van der Waals surface area contributed by atoms with Crippen molar-refractivity contribution < 1.29 is 4.74 Å². The molecule has 0 saturated heterocycles. The molecular weight excluding hydrogens is 496 g/mol. The van der Waals surface area contributed by atoms with Gasteiger partial charge in [0.1, 0.15) is 5.75 Å². The zero-order chi connectivity index (χ0) is 17.6. The molecule has 0 radical (unpaired) electrons. The van der Waals surface area contributed by atoms with Crippen LogP contribution in [0.15, 0.2) is 16.6 Å². The first-order valence-corrected chi connectivity index (χ1v) is 12.3. The predicted octanol–water partition coefficient (Wildman–Crippen LogP) is 8.54. The predicted molar refractivity (Wildman–Crippen MR) is 117 cm³/mol. The summed E-state index contributed by atoms with van der Waals surface area (Å²) in [5.74, 6) is 0.984. The van der Waals surface area contributed by atoms with E-state index >= 15 is 0 Å². The highest BCUT2D eigenvalue weighted by atomic mass is 79.9. The smallest absolute Gasteiger partial charge is 0.119 e. The van der Waals surface area contributed by atoms with Crippen LogP contribution in [0.1, 0.15) is 82.3 Å². The van der Waals surface area contributed by atoms with Gasteiger partial charge in [0.05, 0.1) is 6.61 Å². The Balaban J connectivity index is 2.13. The van der Waals surface area contributed by atoms with Gasteiger partial charge in [-0.1, -0.05) is 113 Å². The lowest BCUT2D eigenvalue weighted by molar-refractivity contribution is 0.304. The summed E-state index contributed by atoms with van der Waals surface area (Å²) in [6.45, 7) is 3.10. The Morgan fingerprint density at radius 2 is 1.21 bits per heavy atom. The summed E-state index contributed by atoms with van der Waals surface area (Å²) in [5, 5.41) is 1.67. The minimum absolute atomic E-state index is 0.821. The van der Waals surface area contributed by atoms with Gasteiger partial charge in [-0.2, -0.15) is 0 Å². The Bertz CT molecular complexity index is 424. The van der Waals surface area contributed by atoms with E-state index in [0.29, 0.717) is 0 Å². The third-order valence-corrected chi connectivity index (χ3v) is 6.48. The van der Waals surface area contributed by atoms with Gasteiger partial charge >= 0.3 is 0 Å². The first-order valence-electron chi connectivity index (χ1n) is 9.29. The maximum Gasteiger partial charge on any atom is 0.119 e. The van der Waals surface area contributed by atoms with E-state index in [1.807, 2.05) is 0 Å². The van der Waals surface area contributed by atoms with Crippen LogP contribution in [-0.2, 0) is 10.7 Å². The second kappa shape index (κ2) is 14.6. The number of rotatable bonds is 14. The third kappa shape index (κ3) is 9.24. The lowest BCUT2D eigenvalue weighted by atomic mass is 10.1. The lowest BCUT2D eigenvalue weighted by Crippen LogP contribution is -1.99. The molecule has 1 aromatic rings. The highest BCUT2D eigenvalue weighted by Gasteiger charge is 2.08. The first-order chi connectivity index (χ1) is 11.7. The molecule has 24 heavy (non-hydrogen) atoms. The van der Waals surface area contributed by atoms with Crippen LogP contribution in [0.5, 0.6) is 5.75 Å². The quantitative estimate of drug-likeness (QED) is 0.174. The molecule has 0 heterocycles. The van der Waals surface area contributed by atoms with Crippen LogP contribution < -0.4 is 4.74 Å². The van der Waals surface area contributed by atoms with Crippen molar-refractivity contribution >= 4 is 47.8 Å². The van der Waals surface area contributed by atoms with Gasteiger partial charge in [-0.25, -0.2) is 0 Å². The number of halogens is 3. The number of hydrogen-bond donors (Lipinski definition) is 0. The summed E-state index contributed by atoms with van der Waals surface area (Å²) >= 11 is 10.7. The van der Waals surface area contributed by atoms with Crippen molar-refractivity contribution in [3.63, 3.8) is 0 Å². The van der Waals surface area contributed by atoms with Gasteiger partial charge in [0, 0.05) is 15.1 Å². The van der Waals surface area contributed by atoms with Crippen LogP contribution in [0.4, 0.5) is 0 Å². The fourth-order valence-electron chi connectivity index (χ4n) is 2.78. The molecule has 0 saturated carbocycles. The second-order valence-electron chi connectivity index (χ2n) is 6.35. The zero-order valence-electron chi connectivity index (χ0n) is 14.9. The molecule has 138 valence electrons. The van der Waals surface area contributed by atoms with Crippen molar-refractivity contribution in [2.75, 3.05) is 6.61 Å². The topological polar surface area (TPSA) is 9.23 Å². The van der Waals surface area contributed by atoms with Gasteiger partial charge in [0.25, 0.3) is 0 Å². The molecular formula is C20H31Br3O. The van der Waals surface area contributed by atoms with Crippen molar-refractivity contribution in [1.82, 2.24) is 0 Å². The SMILES string of the molecule is CCCCCCCCCCCCOc1cc(CBr)c(Br)c(CBr)c1. The Kier molecular flexibility index (Phi) is 13.7. The summed E-state index contributed by atoms with van der Waals surface area (Å²) in [4.78, 5) is 0. The normalized spacial score (nSPS) is 11.0. The van der Waals surface area contributed by atoms with Crippen LogP contribution >= 0.6 is 47.8 Å². The molecule has 4 heteroatoms. The molecule has 0 N–H and O–H groups in total. The van der Waals surface area contributed by atoms with E-state index in [1.165, 1.54) is 73.4 Å². The van der Waals surface area contributed by atoms with E-state index in [2.05, 4.69) is 66.8 Å². The Morgan fingerprint density at radius 1 is 0.750 bits per heavy atom. The average Bonchev–Trinajstić information content (AvgIpc) is 2.60. The van der Waals surface area contributed by atoms with Crippen LogP contribution in [0.3, 0.4) is 0 Å². The number of alkyl halides is 2. The van der Waals surface area contributed by atoms with Gasteiger partial charge < -0.3 is 4.74 Å². The fourth-order valence-corrected chi connectivity index (χ4v) is 4.92. The highest BCUT2D eigenvalue weighted by molar-refractivity contribution is 9.11. The summed E-state index contributed by atoms with van der Waals surface area (Å²) < 4.78 is 7.12. The van der Waals surface area contributed by atoms with Crippen molar-refractivity contribution in [3.05, 3.63) is 27.7 Å². The standard InChI is InChI=1S/C20H31Br3O/c1-2-3-4-5-6-7-8-9-10-11-12-24-19-13-17(15-21)20(23)18(14-19)16-22/h13-14H,2-12,15-16H2,1H3. The third-order valence-electron chi connectivity index (χ3n) is 4.25. The highest BCUT2D eigenvalue weighted by Crippen LogP contribution is 2.30. The van der Waals surface area contributed by atoms with E-state index in [0.717, 1.165) is 29.4 Å². The van der Waals surface area contributed by atoms with Crippen LogP contribution in [0.2, 0.25) is 0 Å². The number of benzene rings is 1. The van der Waals surface area contributed by atoms with Gasteiger partial charge in [0.15, 0.2) is 0 Å². The lowest BCUT2D eigenvalue weighted by Gasteiger charge is -2.12. The monoisotopic (exact) mass is 524 g/mol. The molecule has 0 amide bonds. The van der Waals surface area contributed by atoms with E-state index in [4.69, 9.17) is 4.74 Å². The van der Waals surface area contributed by atoms with Crippen LogP contribution in [-0.4, -0.2) is 6.61 Å². The largest absolute Gasteiger partial charge is 0.494 e. The first kappa shape index (κ1) is 22.5. The fraction of sp³-hybridized carbons (Fsp3) is 0.700. The van der Waals surface area contributed by atoms with E-state index < -0.39 is 0 Å². The van der Waals surface area contributed by atoms with Crippen LogP contribution in [0, 0.1) is 0 Å². The number of hydrogen-bond acceptors (Lipinski definition) is 1. The zero-order valence-corrected chi connectivity index (χ0v) is 19.6. The summed E-state index contributed by atoms with van der Waals surface area (Å²) in [6.07, 6.45) is 13.6. The van der Waals surface area contributed by atoms with Crippen molar-refractivity contribution in [1.29, 1.82) is 0 Å². The molecule has 1 nitrogen and oxygen atoms in total. The van der Waals surface area contributed by atoms with Gasteiger partial charge in [0.2, 0.25) is 0 Å². The minimum atomic E-state index is 0.821. The Morgan fingerprint density at radius 3 is 1.67 bits per heavy atom. The molecule has 0 aliphatic rings. The maximum absolute atomic E-state index is 5.96. The molecule has 0 fully saturated rings. The average molecular weight is 527 g/mol. The molecule has 0 aliphatic carbocycles. The summed E-state index contributed by atoms with van der Waals surface area (Å²) in [5.41, 5.74) is 2.48. The maximum atomic E-state index is 5.96. The van der Waals surface area contributed by atoms with Gasteiger partial charge in [-0.15, -0.1) is 0 Å². The molecule has 1 aromatic carbocycles. The van der Waals surface area contributed by atoms with Crippen molar-refractivity contribution in [3.8, 4) is 5.75 Å². The van der Waals surface area contributed by atoms with E-state index in [9.17, 15) is 0 Å². The van der Waals surface area contributed by atoms with E-state index in [-0.39, 0.29) is 0 Å². The molecule has 0 unspecified atom stereocenters. The Labute approximate surface area is 173 Å². The Hall–Kier alpha value is 0.460. The molecule has 0 aromatic heterocycles. The number of ether oxygens (including phenoxy) is 1. The molecule has 1 rings (SSSR count). The number of unbranched alkanes of at least 4 members (excludes halogenated alkanes) is 9. The van der Waals surface area contributed by atoms with Gasteiger partial charge in [-0.3, -0.25) is 0 Å². The summed E-state index contributed by atoms with van der Waals surface area (Å²) in [7, 11) is 0. The van der Waals surface area contributed by atoms with Gasteiger partial charge in [-0.05, 0) is 29.7 Å². The summed E-state index contributed by atoms with van der Waals surface area (Å²) in [6, 6.07) is 4.25. The van der Waals surface area contributed by atoms with E-state index in [1.54, 1.807) is 0 Å². The molecule has 0 aliphatic heterocycles. The van der Waals surface area contributed by atoms with Crippen molar-refractivity contribution in [2.24, 2.45) is 0 Å². The molecule has 0 atom stereocenters. The van der Waals surface area contributed by atoms with Crippen LogP contribution in [0.25, 0.3) is 0 Å². The van der Waals surface area contributed by atoms with Crippen molar-refractivity contribution in [2.45, 2.75) is 81.8 Å². The minimum Gasteiger partial charge on any atom is -0.494 e. The molecule has 0 bridgehead atoms.